The minimum atomic E-state index is -0.591. The molecule has 0 amide bonds. The second-order valence-electron chi connectivity index (χ2n) is 4.18. The molecule has 19 heavy (non-hydrogen) atoms. The van der Waals surface area contributed by atoms with Gasteiger partial charge in [-0.15, -0.1) is 0 Å². The standard InChI is InChI=1S/C14H14BrF2NO/c1-3-18-14(9-6-7-19-8(9)2)12-11(16)5-4-10(15)13(12)17/h4-7,14,18H,3H2,1-2H3. The number of furan rings is 1. The maximum absolute atomic E-state index is 14.2. The summed E-state index contributed by atoms with van der Waals surface area (Å²) in [6, 6.07) is 3.77. The van der Waals surface area contributed by atoms with Crippen LogP contribution in [-0.4, -0.2) is 6.54 Å². The Labute approximate surface area is 118 Å². The molecule has 2 nitrogen and oxygen atoms in total. The van der Waals surface area contributed by atoms with Gasteiger partial charge in [-0.05, 0) is 47.6 Å². The average molecular weight is 330 g/mol. The molecule has 2 rings (SSSR count). The van der Waals surface area contributed by atoms with Gasteiger partial charge in [0.25, 0.3) is 0 Å². The summed E-state index contributed by atoms with van der Waals surface area (Å²) in [5.74, 6) is -0.525. The van der Waals surface area contributed by atoms with Crippen molar-refractivity contribution in [2.75, 3.05) is 6.54 Å². The Morgan fingerprint density at radius 2 is 2.05 bits per heavy atom. The van der Waals surface area contributed by atoms with Gasteiger partial charge in [0.1, 0.15) is 17.4 Å². The molecule has 0 bridgehead atoms. The number of hydrogen-bond acceptors (Lipinski definition) is 2. The molecule has 1 N–H and O–H groups in total. The molecule has 1 atom stereocenters. The van der Waals surface area contributed by atoms with Gasteiger partial charge in [0, 0.05) is 11.1 Å². The summed E-state index contributed by atoms with van der Waals surface area (Å²) in [7, 11) is 0. The van der Waals surface area contributed by atoms with Gasteiger partial charge >= 0.3 is 0 Å². The van der Waals surface area contributed by atoms with E-state index in [0.717, 1.165) is 5.56 Å². The maximum Gasteiger partial charge on any atom is 0.145 e. The van der Waals surface area contributed by atoms with E-state index >= 15 is 0 Å². The molecule has 1 aromatic heterocycles. The van der Waals surface area contributed by atoms with Gasteiger partial charge in [-0.2, -0.15) is 0 Å². The monoisotopic (exact) mass is 329 g/mol. The molecule has 0 aliphatic heterocycles. The van der Waals surface area contributed by atoms with E-state index in [0.29, 0.717) is 12.3 Å². The number of rotatable bonds is 4. The summed E-state index contributed by atoms with van der Waals surface area (Å²) >= 11 is 3.09. The highest BCUT2D eigenvalue weighted by molar-refractivity contribution is 9.10. The lowest BCUT2D eigenvalue weighted by atomic mass is 9.98. The van der Waals surface area contributed by atoms with Gasteiger partial charge in [-0.25, -0.2) is 8.78 Å². The molecule has 2 aromatic rings. The molecule has 0 spiro atoms. The van der Waals surface area contributed by atoms with E-state index in [2.05, 4.69) is 21.2 Å². The molecule has 1 unspecified atom stereocenters. The predicted octanol–water partition coefficient (Wildman–Crippen LogP) is 4.33. The van der Waals surface area contributed by atoms with Gasteiger partial charge < -0.3 is 9.73 Å². The van der Waals surface area contributed by atoms with Gasteiger partial charge in [-0.1, -0.05) is 6.92 Å². The number of halogens is 3. The largest absolute Gasteiger partial charge is 0.469 e. The van der Waals surface area contributed by atoms with Crippen LogP contribution in [0.3, 0.4) is 0 Å². The van der Waals surface area contributed by atoms with E-state index in [9.17, 15) is 8.78 Å². The molecule has 1 aromatic carbocycles. The second kappa shape index (κ2) is 5.84. The molecular formula is C14H14BrF2NO. The number of hydrogen-bond donors (Lipinski definition) is 1. The first kappa shape index (κ1) is 14.2. The minimum absolute atomic E-state index is 0.000671. The molecule has 0 radical (unpaired) electrons. The Kier molecular flexibility index (Phi) is 4.37. The van der Waals surface area contributed by atoms with E-state index in [1.54, 1.807) is 13.0 Å². The molecule has 0 saturated carbocycles. The topological polar surface area (TPSA) is 25.2 Å². The van der Waals surface area contributed by atoms with Crippen molar-refractivity contribution in [2.45, 2.75) is 19.9 Å². The molecule has 102 valence electrons. The van der Waals surface area contributed by atoms with Crippen LogP contribution in [0.5, 0.6) is 0 Å². The van der Waals surface area contributed by atoms with Crippen LogP contribution in [0.4, 0.5) is 8.78 Å². The summed E-state index contributed by atoms with van der Waals surface area (Å²) < 4.78 is 33.7. The van der Waals surface area contributed by atoms with E-state index < -0.39 is 17.7 Å². The van der Waals surface area contributed by atoms with Crippen molar-refractivity contribution < 1.29 is 13.2 Å². The lowest BCUT2D eigenvalue weighted by Gasteiger charge is -2.19. The Morgan fingerprint density at radius 1 is 1.32 bits per heavy atom. The fraction of sp³-hybridized carbons (Fsp3) is 0.286. The van der Waals surface area contributed by atoms with Gasteiger partial charge in [-0.3, -0.25) is 0 Å². The van der Waals surface area contributed by atoms with Crippen LogP contribution in [-0.2, 0) is 0 Å². The highest BCUT2D eigenvalue weighted by Crippen LogP contribution is 2.32. The molecule has 5 heteroatoms. The Hall–Kier alpha value is -1.20. The zero-order valence-corrected chi connectivity index (χ0v) is 12.2. The molecule has 0 fully saturated rings. The van der Waals surface area contributed by atoms with Crippen LogP contribution in [0.25, 0.3) is 0 Å². The Balaban J connectivity index is 2.57. The number of benzene rings is 1. The summed E-state index contributed by atoms with van der Waals surface area (Å²) in [6.45, 7) is 4.24. The lowest BCUT2D eigenvalue weighted by Crippen LogP contribution is -2.24. The van der Waals surface area contributed by atoms with Crippen molar-refractivity contribution in [1.82, 2.24) is 5.32 Å². The molecule has 0 aliphatic rings. The lowest BCUT2D eigenvalue weighted by molar-refractivity contribution is 0.492. The minimum Gasteiger partial charge on any atom is -0.469 e. The summed E-state index contributed by atoms with van der Waals surface area (Å²) in [4.78, 5) is 0. The smallest absolute Gasteiger partial charge is 0.145 e. The van der Waals surface area contributed by atoms with Crippen molar-refractivity contribution in [2.24, 2.45) is 0 Å². The normalized spacial score (nSPS) is 12.7. The quantitative estimate of drug-likeness (QED) is 0.844. The number of aryl methyl sites for hydroxylation is 1. The first-order valence-electron chi connectivity index (χ1n) is 5.97. The predicted molar refractivity (Wildman–Crippen MR) is 73.0 cm³/mol. The molecule has 0 saturated heterocycles. The van der Waals surface area contributed by atoms with Crippen LogP contribution < -0.4 is 5.32 Å². The van der Waals surface area contributed by atoms with Crippen LogP contribution in [0.1, 0.15) is 29.9 Å². The number of nitrogens with one attached hydrogen (secondary N) is 1. The average Bonchev–Trinajstić information content (AvgIpc) is 2.79. The molecule has 1 heterocycles. The highest BCUT2D eigenvalue weighted by atomic mass is 79.9. The maximum atomic E-state index is 14.2. The van der Waals surface area contributed by atoms with E-state index in [4.69, 9.17) is 4.42 Å². The molecule has 0 aliphatic carbocycles. The zero-order valence-electron chi connectivity index (χ0n) is 10.6. The first-order valence-corrected chi connectivity index (χ1v) is 6.76. The third-order valence-electron chi connectivity index (χ3n) is 2.99. The zero-order chi connectivity index (χ0) is 14.0. The fourth-order valence-corrected chi connectivity index (χ4v) is 2.42. The fourth-order valence-electron chi connectivity index (χ4n) is 2.07. The van der Waals surface area contributed by atoms with Crippen LogP contribution in [0, 0.1) is 18.6 Å². The van der Waals surface area contributed by atoms with E-state index in [-0.39, 0.29) is 10.0 Å². The van der Waals surface area contributed by atoms with E-state index in [1.165, 1.54) is 18.4 Å². The van der Waals surface area contributed by atoms with Crippen molar-refractivity contribution in [3.63, 3.8) is 0 Å². The molecular weight excluding hydrogens is 316 g/mol. The van der Waals surface area contributed by atoms with Crippen LogP contribution in [0.2, 0.25) is 0 Å². The van der Waals surface area contributed by atoms with Crippen LogP contribution >= 0.6 is 15.9 Å². The van der Waals surface area contributed by atoms with Gasteiger partial charge in [0.2, 0.25) is 0 Å². The van der Waals surface area contributed by atoms with E-state index in [1.807, 2.05) is 6.92 Å². The second-order valence-corrected chi connectivity index (χ2v) is 5.03. The summed E-state index contributed by atoms with van der Waals surface area (Å²) in [5, 5.41) is 3.09. The third kappa shape index (κ3) is 2.72. The van der Waals surface area contributed by atoms with Gasteiger partial charge in [0.15, 0.2) is 0 Å². The van der Waals surface area contributed by atoms with Crippen molar-refractivity contribution >= 4 is 15.9 Å². The van der Waals surface area contributed by atoms with Crippen molar-refractivity contribution in [1.29, 1.82) is 0 Å². The van der Waals surface area contributed by atoms with Crippen molar-refractivity contribution in [3.05, 3.63) is 57.5 Å². The summed E-state index contributed by atoms with van der Waals surface area (Å²) in [5.41, 5.74) is 0.735. The Bertz CT molecular complexity index is 583. The SMILES string of the molecule is CCNC(c1ccoc1C)c1c(F)ccc(Br)c1F. The van der Waals surface area contributed by atoms with Gasteiger partial charge in [0.05, 0.1) is 16.8 Å². The Morgan fingerprint density at radius 3 is 2.63 bits per heavy atom. The summed E-state index contributed by atoms with van der Waals surface area (Å²) in [6.07, 6.45) is 1.52. The third-order valence-corrected chi connectivity index (χ3v) is 3.60. The van der Waals surface area contributed by atoms with Crippen molar-refractivity contribution in [3.8, 4) is 0 Å². The first-order chi connectivity index (χ1) is 9.06. The van der Waals surface area contributed by atoms with Crippen LogP contribution in [0.15, 0.2) is 33.4 Å². The highest BCUT2D eigenvalue weighted by Gasteiger charge is 2.25.